The van der Waals surface area contributed by atoms with Crippen LogP contribution in [0.2, 0.25) is 0 Å². The average molecular weight is 432 g/mol. The van der Waals surface area contributed by atoms with Gasteiger partial charge in [0.05, 0.1) is 11.1 Å². The summed E-state index contributed by atoms with van der Waals surface area (Å²) in [6.07, 6.45) is 2.47. The fourth-order valence-electron chi connectivity index (χ4n) is 4.60. The normalized spacial score (nSPS) is 20.5. The number of aryl methyl sites for hydroxylation is 1. The van der Waals surface area contributed by atoms with E-state index in [1.54, 1.807) is 12.1 Å². The molecule has 1 saturated heterocycles. The summed E-state index contributed by atoms with van der Waals surface area (Å²) in [5, 5.41) is 9.04. The maximum atomic E-state index is 13.0. The standard InChI is InChI=1S/C24H24N4O4/c29-21-8-7-20(22(30)27-21)28-23(31)18-6-3-14(10-19(18)24(28)32)12-26-17-5-4-15-2-1-9-25-13-16(15)11-17/h3-6,10-11,20,25-26H,1-2,7-9,12-13H2,(H,27,29,30). The Morgan fingerprint density at radius 3 is 2.62 bits per heavy atom. The Hall–Kier alpha value is -3.52. The fourth-order valence-corrected chi connectivity index (χ4v) is 4.60. The molecule has 3 heterocycles. The molecular weight excluding hydrogens is 408 g/mol. The van der Waals surface area contributed by atoms with Crippen LogP contribution in [0.3, 0.4) is 0 Å². The van der Waals surface area contributed by atoms with Gasteiger partial charge in [-0.1, -0.05) is 12.1 Å². The average Bonchev–Trinajstić information content (AvgIpc) is 2.94. The molecule has 3 N–H and O–H groups in total. The van der Waals surface area contributed by atoms with Gasteiger partial charge in [0.15, 0.2) is 0 Å². The molecule has 3 aliphatic rings. The summed E-state index contributed by atoms with van der Waals surface area (Å²) in [7, 11) is 0. The Balaban J connectivity index is 1.31. The van der Waals surface area contributed by atoms with E-state index >= 15 is 0 Å². The maximum absolute atomic E-state index is 13.0. The van der Waals surface area contributed by atoms with E-state index in [1.807, 2.05) is 6.07 Å². The van der Waals surface area contributed by atoms with E-state index in [4.69, 9.17) is 0 Å². The van der Waals surface area contributed by atoms with Crippen LogP contribution in [-0.4, -0.2) is 41.1 Å². The molecule has 0 spiro atoms. The summed E-state index contributed by atoms with van der Waals surface area (Å²) in [6, 6.07) is 10.6. The zero-order valence-corrected chi connectivity index (χ0v) is 17.6. The summed E-state index contributed by atoms with van der Waals surface area (Å²) in [4.78, 5) is 50.4. The number of amides is 4. The minimum Gasteiger partial charge on any atom is -0.381 e. The third-order valence-electron chi connectivity index (χ3n) is 6.32. The lowest BCUT2D eigenvalue weighted by Crippen LogP contribution is -2.54. The lowest BCUT2D eigenvalue weighted by Gasteiger charge is -2.27. The third kappa shape index (κ3) is 3.67. The van der Waals surface area contributed by atoms with Gasteiger partial charge >= 0.3 is 0 Å². The number of hydrogen-bond donors (Lipinski definition) is 3. The first-order valence-electron chi connectivity index (χ1n) is 10.9. The van der Waals surface area contributed by atoms with Crippen molar-refractivity contribution in [1.29, 1.82) is 0 Å². The smallest absolute Gasteiger partial charge is 0.262 e. The van der Waals surface area contributed by atoms with Gasteiger partial charge in [0.2, 0.25) is 11.8 Å². The number of piperidine rings is 1. The lowest BCUT2D eigenvalue weighted by molar-refractivity contribution is -0.136. The molecule has 4 amide bonds. The predicted molar refractivity (Wildman–Crippen MR) is 117 cm³/mol. The molecule has 1 unspecified atom stereocenters. The van der Waals surface area contributed by atoms with Crippen molar-refractivity contribution in [2.75, 3.05) is 11.9 Å². The summed E-state index contributed by atoms with van der Waals surface area (Å²) in [5.41, 5.74) is 5.12. The first kappa shape index (κ1) is 20.4. The molecule has 8 heteroatoms. The van der Waals surface area contributed by atoms with Crippen LogP contribution in [0.4, 0.5) is 5.69 Å². The Bertz CT molecular complexity index is 1140. The van der Waals surface area contributed by atoms with Gasteiger partial charge in [0, 0.05) is 25.2 Å². The van der Waals surface area contributed by atoms with Crippen molar-refractivity contribution >= 4 is 29.3 Å². The fraction of sp³-hybridized carbons (Fsp3) is 0.333. The highest BCUT2D eigenvalue weighted by molar-refractivity contribution is 6.23. The summed E-state index contributed by atoms with van der Waals surface area (Å²) in [5.74, 6) is -1.96. The molecule has 164 valence electrons. The van der Waals surface area contributed by atoms with Crippen LogP contribution in [0.1, 0.15) is 56.7 Å². The van der Waals surface area contributed by atoms with Crippen LogP contribution in [0.25, 0.3) is 0 Å². The van der Waals surface area contributed by atoms with Crippen molar-refractivity contribution in [3.63, 3.8) is 0 Å². The lowest BCUT2D eigenvalue weighted by atomic mass is 10.0. The molecule has 0 aromatic heterocycles. The number of carbonyl (C=O) groups excluding carboxylic acids is 4. The molecule has 0 saturated carbocycles. The molecule has 8 nitrogen and oxygen atoms in total. The zero-order chi connectivity index (χ0) is 22.2. The van der Waals surface area contributed by atoms with E-state index in [2.05, 4.69) is 34.1 Å². The second-order valence-corrected chi connectivity index (χ2v) is 8.44. The number of anilines is 1. The van der Waals surface area contributed by atoms with E-state index in [1.165, 1.54) is 11.1 Å². The number of fused-ring (bicyclic) bond motifs is 2. The molecule has 1 atom stereocenters. The molecule has 2 aromatic rings. The van der Waals surface area contributed by atoms with Crippen molar-refractivity contribution < 1.29 is 19.2 Å². The molecule has 5 rings (SSSR count). The molecule has 0 aliphatic carbocycles. The van der Waals surface area contributed by atoms with Gasteiger partial charge in [-0.3, -0.25) is 29.4 Å². The minimum absolute atomic E-state index is 0.106. The molecule has 3 aliphatic heterocycles. The summed E-state index contributed by atoms with van der Waals surface area (Å²) in [6.45, 7) is 2.38. The zero-order valence-electron chi connectivity index (χ0n) is 17.6. The molecule has 1 fully saturated rings. The van der Waals surface area contributed by atoms with E-state index in [-0.39, 0.29) is 18.7 Å². The number of nitrogens with one attached hydrogen (secondary N) is 3. The highest BCUT2D eigenvalue weighted by atomic mass is 16.2. The number of carbonyl (C=O) groups is 4. The van der Waals surface area contributed by atoms with E-state index in [0.29, 0.717) is 17.7 Å². The first-order valence-corrected chi connectivity index (χ1v) is 10.9. The largest absolute Gasteiger partial charge is 0.381 e. The number of nitrogens with zero attached hydrogens (tertiary/aromatic N) is 1. The number of hydrogen-bond acceptors (Lipinski definition) is 6. The van der Waals surface area contributed by atoms with Crippen molar-refractivity contribution in [2.24, 2.45) is 0 Å². The van der Waals surface area contributed by atoms with Crippen LogP contribution in [-0.2, 0) is 29.1 Å². The SMILES string of the molecule is O=C1CCC(N2C(=O)c3ccc(CNc4ccc5c(c4)CNCCC5)cc3C2=O)C(=O)N1. The molecule has 0 bridgehead atoms. The Morgan fingerprint density at radius 2 is 1.78 bits per heavy atom. The molecule has 2 aromatic carbocycles. The second-order valence-electron chi connectivity index (χ2n) is 8.44. The summed E-state index contributed by atoms with van der Waals surface area (Å²) < 4.78 is 0. The third-order valence-corrected chi connectivity index (χ3v) is 6.32. The minimum atomic E-state index is -0.949. The van der Waals surface area contributed by atoms with Crippen molar-refractivity contribution in [2.45, 2.75) is 44.8 Å². The molecule has 0 radical (unpaired) electrons. The molecular formula is C24H24N4O4. The van der Waals surface area contributed by atoms with Crippen LogP contribution < -0.4 is 16.0 Å². The van der Waals surface area contributed by atoms with Gasteiger partial charge in [-0.2, -0.15) is 0 Å². The van der Waals surface area contributed by atoms with E-state index in [9.17, 15) is 19.2 Å². The van der Waals surface area contributed by atoms with Gasteiger partial charge in [0.1, 0.15) is 6.04 Å². The maximum Gasteiger partial charge on any atom is 0.262 e. The number of benzene rings is 2. The monoisotopic (exact) mass is 432 g/mol. The van der Waals surface area contributed by atoms with Crippen molar-refractivity contribution in [3.8, 4) is 0 Å². The van der Waals surface area contributed by atoms with Crippen LogP contribution in [0.5, 0.6) is 0 Å². The Morgan fingerprint density at radius 1 is 0.938 bits per heavy atom. The van der Waals surface area contributed by atoms with Crippen molar-refractivity contribution in [1.82, 2.24) is 15.5 Å². The molecule has 32 heavy (non-hydrogen) atoms. The predicted octanol–water partition coefficient (Wildman–Crippen LogP) is 1.74. The first-order chi connectivity index (χ1) is 15.5. The van der Waals surface area contributed by atoms with E-state index < -0.39 is 23.8 Å². The van der Waals surface area contributed by atoms with Gasteiger partial charge in [0.25, 0.3) is 11.8 Å². The quantitative estimate of drug-likeness (QED) is 0.636. The highest BCUT2D eigenvalue weighted by Gasteiger charge is 2.44. The number of imide groups is 2. The summed E-state index contributed by atoms with van der Waals surface area (Å²) >= 11 is 0. The van der Waals surface area contributed by atoms with E-state index in [0.717, 1.165) is 42.1 Å². The van der Waals surface area contributed by atoms with Gasteiger partial charge in [-0.25, -0.2) is 0 Å². The second kappa shape index (κ2) is 8.20. The topological polar surface area (TPSA) is 108 Å². The van der Waals surface area contributed by atoms with Crippen LogP contribution in [0, 0.1) is 0 Å². The van der Waals surface area contributed by atoms with Crippen LogP contribution >= 0.6 is 0 Å². The number of rotatable bonds is 4. The Labute approximate surface area is 185 Å². The van der Waals surface area contributed by atoms with Gasteiger partial charge in [-0.15, -0.1) is 0 Å². The van der Waals surface area contributed by atoms with Crippen molar-refractivity contribution in [3.05, 3.63) is 64.2 Å². The van der Waals surface area contributed by atoms with Gasteiger partial charge in [-0.05, 0) is 66.8 Å². The highest BCUT2D eigenvalue weighted by Crippen LogP contribution is 2.28. The van der Waals surface area contributed by atoms with Crippen LogP contribution in [0.15, 0.2) is 36.4 Å². The van der Waals surface area contributed by atoms with Gasteiger partial charge < -0.3 is 10.6 Å². The Kier molecular flexibility index (Phi) is 5.22.